The molecule has 0 aliphatic carbocycles. The number of alkyl halides is 6. The zero-order valence-corrected chi connectivity index (χ0v) is 26.5. The van der Waals surface area contributed by atoms with Gasteiger partial charge in [0.2, 0.25) is 5.91 Å². The van der Waals surface area contributed by atoms with E-state index in [-0.39, 0.29) is 24.6 Å². The van der Waals surface area contributed by atoms with Gasteiger partial charge < -0.3 is 9.80 Å². The number of nitrogens with zero attached hydrogens (tertiary/aromatic N) is 4. The first-order chi connectivity index (χ1) is 21.5. The quantitative estimate of drug-likeness (QED) is 0.361. The Kier molecular flexibility index (Phi) is 9.80. The van der Waals surface area contributed by atoms with E-state index in [1.54, 1.807) is 0 Å². The van der Waals surface area contributed by atoms with Gasteiger partial charge in [-0.3, -0.25) is 19.4 Å². The summed E-state index contributed by atoms with van der Waals surface area (Å²) >= 11 is 0. The summed E-state index contributed by atoms with van der Waals surface area (Å²) in [6, 6.07) is 10.5. The van der Waals surface area contributed by atoms with Gasteiger partial charge in [-0.15, -0.1) is 0 Å². The summed E-state index contributed by atoms with van der Waals surface area (Å²) in [5.41, 5.74) is -3.08. The second-order valence-electron chi connectivity index (χ2n) is 13.8. The molecule has 0 unspecified atom stereocenters. The van der Waals surface area contributed by atoms with Gasteiger partial charge in [0.15, 0.2) is 0 Å². The number of carbonyl (C=O) groups is 2. The van der Waals surface area contributed by atoms with Gasteiger partial charge >= 0.3 is 12.4 Å². The van der Waals surface area contributed by atoms with Gasteiger partial charge in [0, 0.05) is 74.9 Å². The van der Waals surface area contributed by atoms with Crippen LogP contribution in [0.15, 0.2) is 48.5 Å². The Bertz CT molecular complexity index is 1350. The molecule has 0 aromatic heterocycles. The lowest BCUT2D eigenvalue weighted by molar-refractivity contribution is -0.143. The molecule has 2 amide bonds. The van der Waals surface area contributed by atoms with Crippen LogP contribution in [-0.2, 0) is 23.6 Å². The molecule has 3 saturated heterocycles. The van der Waals surface area contributed by atoms with Gasteiger partial charge in [0.05, 0.1) is 11.1 Å². The number of likely N-dealkylation sites (tertiary alicyclic amines) is 2. The molecule has 12 heteroatoms. The van der Waals surface area contributed by atoms with Crippen molar-refractivity contribution >= 4 is 11.8 Å². The lowest BCUT2D eigenvalue weighted by Gasteiger charge is -2.47. The van der Waals surface area contributed by atoms with Crippen LogP contribution in [0.3, 0.4) is 0 Å². The topological polar surface area (TPSA) is 47.1 Å². The molecular formula is C34H42F6N4O2. The van der Waals surface area contributed by atoms with Gasteiger partial charge in [-0.25, -0.2) is 0 Å². The number of carbonyl (C=O) groups excluding carboxylic acids is 2. The SMILES string of the molecule is CC(C)(C)C(=O)N1CC[C@H](N2CCN([C@H]3CCN(C(=O)c4cc(C(F)(F)F)cc(C(F)(F)F)c4)[C@H](Cc4ccccc4)C3)CC2)C1. The third-order valence-corrected chi connectivity index (χ3v) is 9.57. The second kappa shape index (κ2) is 13.2. The number of piperazine rings is 1. The third kappa shape index (κ3) is 7.87. The number of benzene rings is 2. The molecule has 2 aromatic carbocycles. The van der Waals surface area contributed by atoms with Crippen LogP contribution in [0.5, 0.6) is 0 Å². The molecule has 3 aliphatic rings. The zero-order chi connectivity index (χ0) is 33.4. The minimum absolute atomic E-state index is 0.0512. The molecule has 3 heterocycles. The van der Waals surface area contributed by atoms with Crippen molar-refractivity contribution in [1.82, 2.24) is 19.6 Å². The minimum Gasteiger partial charge on any atom is -0.341 e. The summed E-state index contributed by atoms with van der Waals surface area (Å²) in [5.74, 6) is -0.657. The van der Waals surface area contributed by atoms with Crippen molar-refractivity contribution in [2.45, 2.75) is 76.9 Å². The van der Waals surface area contributed by atoms with E-state index in [1.807, 2.05) is 56.0 Å². The standard InChI is InChI=1S/C34H42F6N4O2/c1-32(2,3)31(46)43-11-9-28(22-43)42-15-13-41(14-16-42)27-10-12-44(29(21-27)17-23-7-5-4-6-8-23)30(45)24-18-25(33(35,36)37)20-26(19-24)34(38,39)40/h4-8,18-20,27-29H,9-17,21-22H2,1-3H3/t27-,28-,29+/m0/s1. The van der Waals surface area contributed by atoms with Crippen LogP contribution in [0.2, 0.25) is 0 Å². The Morgan fingerprint density at radius 2 is 1.28 bits per heavy atom. The molecule has 3 aliphatic heterocycles. The summed E-state index contributed by atoms with van der Waals surface area (Å²) in [6.07, 6.45) is -7.56. The van der Waals surface area contributed by atoms with Crippen molar-refractivity contribution in [3.05, 3.63) is 70.8 Å². The molecule has 46 heavy (non-hydrogen) atoms. The number of hydrogen-bond acceptors (Lipinski definition) is 4. The summed E-state index contributed by atoms with van der Waals surface area (Å²) in [6.45, 7) is 10.8. The minimum atomic E-state index is -5.03. The summed E-state index contributed by atoms with van der Waals surface area (Å²) < 4.78 is 81.4. The lowest BCUT2D eigenvalue weighted by atomic mass is 9.90. The molecule has 3 atom stereocenters. The molecule has 0 N–H and O–H groups in total. The number of halogens is 6. The molecule has 2 aromatic rings. The molecular weight excluding hydrogens is 610 g/mol. The molecule has 252 valence electrons. The molecule has 0 bridgehead atoms. The van der Waals surface area contributed by atoms with E-state index < -0.39 is 46.4 Å². The Morgan fingerprint density at radius 1 is 0.739 bits per heavy atom. The molecule has 3 fully saturated rings. The summed E-state index contributed by atoms with van der Waals surface area (Å²) in [5, 5.41) is 0. The van der Waals surface area contributed by atoms with E-state index in [2.05, 4.69) is 9.80 Å². The van der Waals surface area contributed by atoms with E-state index in [0.717, 1.165) is 51.3 Å². The largest absolute Gasteiger partial charge is 0.416 e. The van der Waals surface area contributed by atoms with Gasteiger partial charge in [-0.1, -0.05) is 51.1 Å². The predicted molar refractivity (Wildman–Crippen MR) is 162 cm³/mol. The van der Waals surface area contributed by atoms with Crippen molar-refractivity contribution in [3.8, 4) is 0 Å². The highest BCUT2D eigenvalue weighted by Gasteiger charge is 2.41. The average Bonchev–Trinajstić information content (AvgIpc) is 3.50. The first-order valence-electron chi connectivity index (χ1n) is 15.9. The molecule has 0 spiro atoms. The van der Waals surface area contributed by atoms with Crippen LogP contribution >= 0.6 is 0 Å². The Balaban J connectivity index is 1.29. The van der Waals surface area contributed by atoms with Gasteiger partial charge in [-0.05, 0) is 49.4 Å². The number of hydrogen-bond donors (Lipinski definition) is 0. The highest BCUT2D eigenvalue weighted by molar-refractivity contribution is 5.95. The maximum absolute atomic E-state index is 13.7. The fraction of sp³-hybridized carbons (Fsp3) is 0.588. The fourth-order valence-electron chi connectivity index (χ4n) is 7.12. The van der Waals surface area contributed by atoms with Gasteiger partial charge in [0.1, 0.15) is 0 Å². The fourth-order valence-corrected chi connectivity index (χ4v) is 7.12. The smallest absolute Gasteiger partial charge is 0.341 e. The van der Waals surface area contributed by atoms with Crippen molar-refractivity contribution in [3.63, 3.8) is 0 Å². The van der Waals surface area contributed by atoms with E-state index in [0.29, 0.717) is 37.4 Å². The summed E-state index contributed by atoms with van der Waals surface area (Å²) in [7, 11) is 0. The number of piperidine rings is 1. The Morgan fingerprint density at radius 3 is 1.83 bits per heavy atom. The van der Waals surface area contributed by atoms with E-state index >= 15 is 0 Å². The molecule has 0 radical (unpaired) electrons. The Hall–Kier alpha value is -3.12. The predicted octanol–water partition coefficient (Wildman–Crippen LogP) is 6.20. The van der Waals surface area contributed by atoms with Crippen LogP contribution in [0.25, 0.3) is 0 Å². The van der Waals surface area contributed by atoms with E-state index in [9.17, 15) is 35.9 Å². The normalized spacial score (nSPS) is 24.0. The average molecular weight is 653 g/mol. The highest BCUT2D eigenvalue weighted by atomic mass is 19.4. The first-order valence-corrected chi connectivity index (χ1v) is 15.9. The number of amides is 2. The van der Waals surface area contributed by atoms with Crippen molar-refractivity contribution < 1.29 is 35.9 Å². The Labute approximate surface area is 266 Å². The van der Waals surface area contributed by atoms with Crippen LogP contribution < -0.4 is 0 Å². The lowest BCUT2D eigenvalue weighted by Crippen LogP contribution is -2.58. The maximum Gasteiger partial charge on any atom is 0.416 e. The van der Waals surface area contributed by atoms with Crippen LogP contribution in [0, 0.1) is 5.41 Å². The molecule has 0 saturated carbocycles. The van der Waals surface area contributed by atoms with Crippen molar-refractivity contribution in [1.29, 1.82) is 0 Å². The zero-order valence-electron chi connectivity index (χ0n) is 26.5. The summed E-state index contributed by atoms with van der Waals surface area (Å²) in [4.78, 5) is 34.8. The van der Waals surface area contributed by atoms with E-state index in [4.69, 9.17) is 0 Å². The first kappa shape index (κ1) is 34.2. The van der Waals surface area contributed by atoms with Crippen LogP contribution in [0.4, 0.5) is 26.3 Å². The third-order valence-electron chi connectivity index (χ3n) is 9.57. The van der Waals surface area contributed by atoms with Gasteiger partial charge in [-0.2, -0.15) is 26.3 Å². The van der Waals surface area contributed by atoms with Gasteiger partial charge in [0.25, 0.3) is 5.91 Å². The second-order valence-corrected chi connectivity index (χ2v) is 13.8. The monoisotopic (exact) mass is 652 g/mol. The van der Waals surface area contributed by atoms with Crippen LogP contribution in [-0.4, -0.2) is 95.4 Å². The number of rotatable bonds is 5. The van der Waals surface area contributed by atoms with E-state index in [1.165, 1.54) is 4.90 Å². The van der Waals surface area contributed by atoms with Crippen molar-refractivity contribution in [2.24, 2.45) is 5.41 Å². The molecule has 6 nitrogen and oxygen atoms in total. The van der Waals surface area contributed by atoms with Crippen LogP contribution in [0.1, 0.15) is 67.1 Å². The van der Waals surface area contributed by atoms with Crippen molar-refractivity contribution in [2.75, 3.05) is 45.8 Å². The maximum atomic E-state index is 13.7. The highest BCUT2D eigenvalue weighted by Crippen LogP contribution is 2.37. The molecule has 5 rings (SSSR count).